The van der Waals surface area contributed by atoms with E-state index in [9.17, 15) is 25.1 Å². The number of aliphatic hydroxyl groups is 2. The molecule has 0 aromatic carbocycles. The van der Waals surface area contributed by atoms with Gasteiger partial charge in [0.25, 0.3) is 0 Å². The van der Waals surface area contributed by atoms with Crippen LogP contribution < -0.4 is 0 Å². The van der Waals surface area contributed by atoms with E-state index in [1.165, 1.54) is 0 Å². The molecule has 6 nitrogen and oxygen atoms in total. The van der Waals surface area contributed by atoms with Crippen LogP contribution in [0.3, 0.4) is 0 Å². The van der Waals surface area contributed by atoms with E-state index in [1.54, 1.807) is 0 Å². The lowest BCUT2D eigenvalue weighted by atomic mass is 9.45. The summed E-state index contributed by atoms with van der Waals surface area (Å²) >= 11 is 0. The molecule has 7 atom stereocenters. The SMILES string of the molecule is C[C@]12CCC(=O)C([N+](=O)[O-])=C1CC[C@@H]1[C@@H]2[C@H](O)C[C@@]2(C)[C@H]1CC[C@]2(C)O. The summed E-state index contributed by atoms with van der Waals surface area (Å²) in [5.74, 6) is 0.134. The Kier molecular flexibility index (Phi) is 3.75. The molecular formula is C20H29NO5. The molecule has 3 saturated carbocycles. The van der Waals surface area contributed by atoms with Crippen molar-refractivity contribution in [1.82, 2.24) is 0 Å². The Morgan fingerprint density at radius 3 is 2.50 bits per heavy atom. The molecule has 0 spiro atoms. The maximum Gasteiger partial charge on any atom is 0.311 e. The number of hydrogen-bond donors (Lipinski definition) is 2. The monoisotopic (exact) mass is 363 g/mol. The highest BCUT2D eigenvalue weighted by Gasteiger charge is 2.66. The van der Waals surface area contributed by atoms with Gasteiger partial charge in [-0.25, -0.2) is 0 Å². The van der Waals surface area contributed by atoms with Crippen molar-refractivity contribution in [2.75, 3.05) is 0 Å². The highest BCUT2D eigenvalue weighted by molar-refractivity contribution is 5.95. The summed E-state index contributed by atoms with van der Waals surface area (Å²) in [7, 11) is 0. The molecule has 4 rings (SSSR count). The maximum absolute atomic E-state index is 12.2. The Balaban J connectivity index is 1.80. The third-order valence-corrected chi connectivity index (χ3v) is 8.77. The van der Waals surface area contributed by atoms with Crippen LogP contribution >= 0.6 is 0 Å². The molecule has 3 fully saturated rings. The molecule has 26 heavy (non-hydrogen) atoms. The lowest BCUT2D eigenvalue weighted by molar-refractivity contribution is -0.422. The molecule has 0 aliphatic heterocycles. The number of hydrogen-bond acceptors (Lipinski definition) is 5. The molecule has 0 radical (unpaired) electrons. The molecule has 0 bridgehead atoms. The Morgan fingerprint density at radius 1 is 1.15 bits per heavy atom. The normalized spacial score (nSPS) is 50.9. The Hall–Kier alpha value is -1.27. The summed E-state index contributed by atoms with van der Waals surface area (Å²) in [4.78, 5) is 23.2. The van der Waals surface area contributed by atoms with Crippen LogP contribution in [0.2, 0.25) is 0 Å². The van der Waals surface area contributed by atoms with Crippen molar-refractivity contribution in [2.24, 2.45) is 28.6 Å². The first-order valence-electron chi connectivity index (χ1n) is 9.84. The summed E-state index contributed by atoms with van der Waals surface area (Å²) in [6.45, 7) is 6.01. The van der Waals surface area contributed by atoms with Gasteiger partial charge >= 0.3 is 5.70 Å². The van der Waals surface area contributed by atoms with Crippen molar-refractivity contribution in [3.05, 3.63) is 21.4 Å². The average molecular weight is 363 g/mol. The first-order valence-corrected chi connectivity index (χ1v) is 9.84. The van der Waals surface area contributed by atoms with E-state index < -0.39 is 22.0 Å². The van der Waals surface area contributed by atoms with Gasteiger partial charge in [-0.1, -0.05) is 13.8 Å². The van der Waals surface area contributed by atoms with E-state index in [2.05, 4.69) is 6.92 Å². The number of fused-ring (bicyclic) bond motifs is 5. The van der Waals surface area contributed by atoms with Crippen LogP contribution in [-0.2, 0) is 4.79 Å². The standard InChI is InChI=1S/C20H29NO5/c1-18-8-7-14(22)17(21(25)26)13(18)5-4-11-12-6-9-20(3,24)19(12,2)10-15(23)16(11)18/h11-12,15-16,23-24H,4-10H2,1-3H3/t11-,12-,15+,16+,18-,19-,20-/m0/s1. The number of rotatable bonds is 1. The molecule has 0 aromatic rings. The second-order valence-corrected chi connectivity index (χ2v) is 9.76. The summed E-state index contributed by atoms with van der Waals surface area (Å²) < 4.78 is 0. The summed E-state index contributed by atoms with van der Waals surface area (Å²) in [6, 6.07) is 0. The maximum atomic E-state index is 12.2. The first-order chi connectivity index (χ1) is 12.0. The largest absolute Gasteiger partial charge is 0.393 e. The van der Waals surface area contributed by atoms with Gasteiger partial charge in [-0.2, -0.15) is 0 Å². The van der Waals surface area contributed by atoms with Gasteiger partial charge in [-0.3, -0.25) is 14.9 Å². The zero-order valence-electron chi connectivity index (χ0n) is 15.8. The number of carbonyl (C=O) groups excluding carboxylic acids is 1. The summed E-state index contributed by atoms with van der Waals surface area (Å²) in [6.07, 6.45) is 3.68. The zero-order valence-corrected chi connectivity index (χ0v) is 15.8. The zero-order chi connectivity index (χ0) is 19.1. The van der Waals surface area contributed by atoms with E-state index in [4.69, 9.17) is 0 Å². The van der Waals surface area contributed by atoms with Crippen LogP contribution in [0.4, 0.5) is 0 Å². The van der Waals surface area contributed by atoms with Gasteiger partial charge in [-0.05, 0) is 63.2 Å². The molecule has 0 heterocycles. The van der Waals surface area contributed by atoms with Crippen LogP contribution in [0.25, 0.3) is 0 Å². The molecule has 144 valence electrons. The minimum atomic E-state index is -0.783. The fraction of sp³-hybridized carbons (Fsp3) is 0.850. The molecule has 4 aliphatic rings. The number of carbonyl (C=O) groups is 1. The molecule has 2 N–H and O–H groups in total. The average Bonchev–Trinajstić information content (AvgIpc) is 2.77. The lowest BCUT2D eigenvalue weighted by Crippen LogP contribution is -2.59. The smallest absolute Gasteiger partial charge is 0.311 e. The van der Waals surface area contributed by atoms with Crippen LogP contribution in [0.1, 0.15) is 65.7 Å². The lowest BCUT2D eigenvalue weighted by Gasteiger charge is -2.60. The Morgan fingerprint density at radius 2 is 1.85 bits per heavy atom. The van der Waals surface area contributed by atoms with Crippen molar-refractivity contribution in [1.29, 1.82) is 0 Å². The highest BCUT2D eigenvalue weighted by atomic mass is 16.6. The fourth-order valence-corrected chi connectivity index (χ4v) is 7.25. The second kappa shape index (κ2) is 5.38. The van der Waals surface area contributed by atoms with Gasteiger partial charge in [0.15, 0.2) is 0 Å². The summed E-state index contributed by atoms with van der Waals surface area (Å²) in [5.41, 5.74) is -1.14. The van der Waals surface area contributed by atoms with E-state index >= 15 is 0 Å². The number of Topliss-reactive ketones (excluding diaryl/α,β-unsaturated/α-hetero) is 1. The molecular weight excluding hydrogens is 334 g/mol. The van der Waals surface area contributed by atoms with Gasteiger partial charge < -0.3 is 10.2 Å². The van der Waals surface area contributed by atoms with Crippen molar-refractivity contribution >= 4 is 5.78 Å². The number of nitrogens with zero attached hydrogens (tertiary/aromatic N) is 1. The number of allylic oxidation sites excluding steroid dienone is 1. The van der Waals surface area contributed by atoms with Crippen molar-refractivity contribution in [3.63, 3.8) is 0 Å². The predicted octanol–water partition coefficient (Wildman–Crippen LogP) is 2.84. The van der Waals surface area contributed by atoms with E-state index in [1.807, 2.05) is 13.8 Å². The van der Waals surface area contributed by atoms with Gasteiger partial charge in [0.2, 0.25) is 5.78 Å². The van der Waals surface area contributed by atoms with Gasteiger partial charge in [0.05, 0.1) is 16.6 Å². The minimum absolute atomic E-state index is 0.0683. The molecule has 4 aliphatic carbocycles. The van der Waals surface area contributed by atoms with Crippen LogP contribution in [-0.4, -0.2) is 32.6 Å². The first kappa shape index (κ1) is 18.1. The van der Waals surface area contributed by atoms with E-state index in [-0.39, 0.29) is 35.2 Å². The number of aliphatic hydroxyl groups excluding tert-OH is 1. The third kappa shape index (κ3) is 2.09. The van der Waals surface area contributed by atoms with Crippen LogP contribution in [0.5, 0.6) is 0 Å². The quantitative estimate of drug-likeness (QED) is 0.551. The number of ketones is 1. The van der Waals surface area contributed by atoms with Crippen molar-refractivity contribution in [2.45, 2.75) is 77.4 Å². The van der Waals surface area contributed by atoms with Crippen LogP contribution in [0, 0.1) is 38.7 Å². The molecule has 0 amide bonds. The molecule has 0 unspecified atom stereocenters. The van der Waals surface area contributed by atoms with Crippen molar-refractivity contribution in [3.8, 4) is 0 Å². The molecule has 0 saturated heterocycles. The Labute approximate surface area is 153 Å². The number of nitro groups is 1. The topological polar surface area (TPSA) is 101 Å². The predicted molar refractivity (Wildman–Crippen MR) is 94.7 cm³/mol. The van der Waals surface area contributed by atoms with Crippen LogP contribution in [0.15, 0.2) is 11.3 Å². The Bertz CT molecular complexity index is 713. The van der Waals surface area contributed by atoms with Gasteiger partial charge in [0, 0.05) is 22.8 Å². The summed E-state index contributed by atoms with van der Waals surface area (Å²) in [5, 5.41) is 33.7. The molecule has 0 aromatic heterocycles. The van der Waals surface area contributed by atoms with Crippen molar-refractivity contribution < 1.29 is 19.9 Å². The highest BCUT2D eigenvalue weighted by Crippen LogP contribution is 2.67. The van der Waals surface area contributed by atoms with E-state index in [0.29, 0.717) is 30.8 Å². The third-order valence-electron chi connectivity index (χ3n) is 8.77. The van der Waals surface area contributed by atoms with Gasteiger partial charge in [-0.15, -0.1) is 0 Å². The minimum Gasteiger partial charge on any atom is -0.393 e. The van der Waals surface area contributed by atoms with Gasteiger partial charge in [0.1, 0.15) is 0 Å². The fourth-order valence-electron chi connectivity index (χ4n) is 7.25. The van der Waals surface area contributed by atoms with E-state index in [0.717, 1.165) is 19.3 Å². The second-order valence-electron chi connectivity index (χ2n) is 9.76. The molecule has 6 heteroatoms.